The van der Waals surface area contributed by atoms with Gasteiger partial charge in [0.1, 0.15) is 0 Å². The van der Waals surface area contributed by atoms with E-state index in [1.807, 2.05) is 0 Å². The molecule has 1 aliphatic rings. The summed E-state index contributed by atoms with van der Waals surface area (Å²) >= 11 is 1.16. The van der Waals surface area contributed by atoms with Crippen LogP contribution in [0.1, 0.15) is 11.1 Å². The van der Waals surface area contributed by atoms with Crippen LogP contribution in [0.15, 0.2) is 71.4 Å². The van der Waals surface area contributed by atoms with Gasteiger partial charge in [-0.2, -0.15) is 5.10 Å². The van der Waals surface area contributed by atoms with Crippen LogP contribution in [0.5, 0.6) is 0 Å². The van der Waals surface area contributed by atoms with E-state index in [2.05, 4.69) is 16.8 Å². The van der Waals surface area contributed by atoms with Gasteiger partial charge in [-0.15, -0.1) is 11.7 Å². The standard InChI is InChI=1S/C20H17N5O5S/c1-2-10-23-19(26)18(12-15-7-3-4-9-17(15)25(29)30)31-20(23)22-21-13-14-6-5-8-16(11-14)24(27)28/h2-9,11,13,18H,1,10,12H2. The Kier molecular flexibility index (Phi) is 6.88. The second-order valence-electron chi connectivity index (χ2n) is 6.41. The number of amidine groups is 1. The molecule has 158 valence electrons. The Morgan fingerprint density at radius 2 is 1.90 bits per heavy atom. The third kappa shape index (κ3) is 5.20. The van der Waals surface area contributed by atoms with Crippen LogP contribution in [0.2, 0.25) is 0 Å². The zero-order valence-electron chi connectivity index (χ0n) is 16.2. The molecule has 0 N–H and O–H groups in total. The molecule has 3 rings (SSSR count). The Labute approximate surface area is 181 Å². The fraction of sp³-hybridized carbons (Fsp3) is 0.150. The van der Waals surface area contributed by atoms with Crippen LogP contribution in [-0.2, 0) is 11.2 Å². The Morgan fingerprint density at radius 3 is 2.61 bits per heavy atom. The number of non-ortho nitro benzene ring substituents is 1. The van der Waals surface area contributed by atoms with Gasteiger partial charge in [0.05, 0.1) is 21.3 Å². The van der Waals surface area contributed by atoms with Gasteiger partial charge < -0.3 is 0 Å². The number of benzene rings is 2. The monoisotopic (exact) mass is 439 g/mol. The fourth-order valence-corrected chi connectivity index (χ4v) is 4.07. The van der Waals surface area contributed by atoms with Gasteiger partial charge in [0.15, 0.2) is 5.17 Å². The molecule has 0 bridgehead atoms. The van der Waals surface area contributed by atoms with Gasteiger partial charge in [-0.05, 0) is 0 Å². The largest absolute Gasteiger partial charge is 0.285 e. The molecule has 0 saturated carbocycles. The topological polar surface area (TPSA) is 131 Å². The molecule has 1 heterocycles. The van der Waals surface area contributed by atoms with E-state index >= 15 is 0 Å². The summed E-state index contributed by atoms with van der Waals surface area (Å²) in [6.07, 6.45) is 3.07. The molecule has 31 heavy (non-hydrogen) atoms. The Morgan fingerprint density at radius 1 is 1.13 bits per heavy atom. The number of carbonyl (C=O) groups excluding carboxylic acids is 1. The quantitative estimate of drug-likeness (QED) is 0.267. The van der Waals surface area contributed by atoms with E-state index in [9.17, 15) is 25.0 Å². The highest BCUT2D eigenvalue weighted by Gasteiger charge is 2.38. The molecule has 1 amide bonds. The van der Waals surface area contributed by atoms with Crippen LogP contribution in [0, 0.1) is 20.2 Å². The maximum Gasteiger partial charge on any atom is 0.272 e. The van der Waals surface area contributed by atoms with Gasteiger partial charge >= 0.3 is 0 Å². The lowest BCUT2D eigenvalue weighted by Crippen LogP contribution is -2.32. The fourth-order valence-electron chi connectivity index (χ4n) is 2.94. The molecule has 1 aliphatic heterocycles. The maximum atomic E-state index is 12.8. The van der Waals surface area contributed by atoms with E-state index in [-0.39, 0.29) is 30.2 Å². The lowest BCUT2D eigenvalue weighted by molar-refractivity contribution is -0.385. The number of amides is 1. The molecule has 10 nitrogen and oxygen atoms in total. The highest BCUT2D eigenvalue weighted by molar-refractivity contribution is 8.15. The van der Waals surface area contributed by atoms with Gasteiger partial charge in [0.25, 0.3) is 11.4 Å². The van der Waals surface area contributed by atoms with Crippen molar-refractivity contribution in [3.05, 3.63) is 92.5 Å². The van der Waals surface area contributed by atoms with Crippen molar-refractivity contribution in [1.29, 1.82) is 0 Å². The molecule has 2 aromatic rings. The van der Waals surface area contributed by atoms with Gasteiger partial charge in [0, 0.05) is 42.3 Å². The van der Waals surface area contributed by atoms with Crippen LogP contribution in [-0.4, -0.2) is 43.8 Å². The molecule has 11 heteroatoms. The van der Waals surface area contributed by atoms with Gasteiger partial charge in [-0.3, -0.25) is 29.9 Å². The summed E-state index contributed by atoms with van der Waals surface area (Å²) in [5, 5.41) is 29.9. The number of hydrogen-bond donors (Lipinski definition) is 0. The summed E-state index contributed by atoms with van der Waals surface area (Å²) in [7, 11) is 0. The SMILES string of the molecule is C=CCN1C(=O)C(Cc2ccccc2[N+](=O)[O-])SC1=NN=Cc1cccc([N+](=O)[O-])c1. The summed E-state index contributed by atoms with van der Waals surface area (Å²) < 4.78 is 0. The van der Waals surface area contributed by atoms with E-state index < -0.39 is 15.1 Å². The summed E-state index contributed by atoms with van der Waals surface area (Å²) in [5.74, 6) is -0.243. The van der Waals surface area contributed by atoms with E-state index in [1.165, 1.54) is 35.4 Å². The Hall–Kier alpha value is -3.86. The molecule has 0 spiro atoms. The number of thioether (sulfide) groups is 1. The molecular weight excluding hydrogens is 422 g/mol. The first kappa shape index (κ1) is 21.8. The third-order valence-corrected chi connectivity index (χ3v) is 5.52. The molecule has 2 aromatic carbocycles. The van der Waals surface area contributed by atoms with E-state index in [4.69, 9.17) is 0 Å². The van der Waals surface area contributed by atoms with Crippen molar-refractivity contribution in [2.75, 3.05) is 6.54 Å². The maximum absolute atomic E-state index is 12.8. The minimum Gasteiger partial charge on any atom is -0.285 e. The summed E-state index contributed by atoms with van der Waals surface area (Å²) in [6, 6.07) is 12.2. The number of carbonyl (C=O) groups is 1. The zero-order valence-corrected chi connectivity index (χ0v) is 17.0. The van der Waals surface area contributed by atoms with Gasteiger partial charge in [-0.25, -0.2) is 0 Å². The molecule has 1 saturated heterocycles. The van der Waals surface area contributed by atoms with Crippen LogP contribution < -0.4 is 0 Å². The van der Waals surface area contributed by atoms with Crippen molar-refractivity contribution in [2.24, 2.45) is 10.2 Å². The number of para-hydroxylation sites is 1. The first-order chi connectivity index (χ1) is 14.9. The molecule has 1 atom stereocenters. The normalized spacial score (nSPS) is 17.4. The Balaban J connectivity index is 1.81. The average molecular weight is 439 g/mol. The predicted molar refractivity (Wildman–Crippen MR) is 118 cm³/mol. The predicted octanol–water partition coefficient (Wildman–Crippen LogP) is 3.57. The highest BCUT2D eigenvalue weighted by atomic mass is 32.2. The number of nitro groups is 2. The van der Waals surface area contributed by atoms with E-state index in [0.29, 0.717) is 16.3 Å². The summed E-state index contributed by atoms with van der Waals surface area (Å²) in [4.78, 5) is 35.4. The summed E-state index contributed by atoms with van der Waals surface area (Å²) in [5.41, 5.74) is 0.831. The number of hydrogen-bond acceptors (Lipinski definition) is 8. The van der Waals surface area contributed by atoms with Crippen molar-refractivity contribution < 1.29 is 14.6 Å². The molecule has 0 radical (unpaired) electrons. The van der Waals surface area contributed by atoms with Crippen molar-refractivity contribution in [3.8, 4) is 0 Å². The van der Waals surface area contributed by atoms with Crippen LogP contribution in [0.4, 0.5) is 11.4 Å². The van der Waals surface area contributed by atoms with E-state index in [0.717, 1.165) is 11.8 Å². The second-order valence-corrected chi connectivity index (χ2v) is 7.58. The lowest BCUT2D eigenvalue weighted by Gasteiger charge is -2.12. The second kappa shape index (κ2) is 9.76. The third-order valence-electron chi connectivity index (χ3n) is 4.36. The lowest BCUT2D eigenvalue weighted by atomic mass is 10.1. The number of nitro benzene ring substituents is 2. The van der Waals surface area contributed by atoms with Crippen LogP contribution in [0.3, 0.4) is 0 Å². The van der Waals surface area contributed by atoms with Crippen molar-refractivity contribution in [3.63, 3.8) is 0 Å². The minimum absolute atomic E-state index is 0.0414. The molecule has 1 fully saturated rings. The smallest absolute Gasteiger partial charge is 0.272 e. The molecule has 0 aromatic heterocycles. The minimum atomic E-state index is -0.590. The van der Waals surface area contributed by atoms with Crippen molar-refractivity contribution in [1.82, 2.24) is 4.90 Å². The first-order valence-corrected chi connectivity index (χ1v) is 9.95. The number of nitrogens with zero attached hydrogens (tertiary/aromatic N) is 5. The highest BCUT2D eigenvalue weighted by Crippen LogP contribution is 2.32. The number of rotatable bonds is 8. The van der Waals surface area contributed by atoms with Crippen LogP contribution >= 0.6 is 11.8 Å². The average Bonchev–Trinajstić information content (AvgIpc) is 3.03. The van der Waals surface area contributed by atoms with Crippen molar-refractivity contribution in [2.45, 2.75) is 11.7 Å². The van der Waals surface area contributed by atoms with Gasteiger partial charge in [0.2, 0.25) is 5.91 Å². The zero-order chi connectivity index (χ0) is 22.4. The summed E-state index contributed by atoms with van der Waals surface area (Å²) in [6.45, 7) is 3.86. The molecular formula is C20H17N5O5S. The Bertz CT molecular complexity index is 1100. The van der Waals surface area contributed by atoms with Crippen LogP contribution in [0.25, 0.3) is 0 Å². The van der Waals surface area contributed by atoms with Crippen molar-refractivity contribution >= 4 is 40.4 Å². The first-order valence-electron chi connectivity index (χ1n) is 9.07. The molecule has 0 aliphatic carbocycles. The van der Waals surface area contributed by atoms with E-state index in [1.54, 1.807) is 30.3 Å². The molecule has 1 unspecified atom stereocenters. The van der Waals surface area contributed by atoms with Gasteiger partial charge in [-0.1, -0.05) is 48.2 Å².